The molecule has 0 fully saturated rings. The van der Waals surface area contributed by atoms with E-state index in [0.29, 0.717) is 11.5 Å². The van der Waals surface area contributed by atoms with Gasteiger partial charge in [-0.2, -0.15) is 0 Å². The predicted octanol–water partition coefficient (Wildman–Crippen LogP) is 3.15. The summed E-state index contributed by atoms with van der Waals surface area (Å²) < 4.78 is 0. The third-order valence-corrected chi connectivity index (χ3v) is 2.89. The fourth-order valence-corrected chi connectivity index (χ4v) is 1.70. The molecule has 0 saturated heterocycles. The number of benzene rings is 1. The van der Waals surface area contributed by atoms with Crippen molar-refractivity contribution in [3.8, 4) is 0 Å². The molecular weight excluding hydrogens is 244 g/mol. The second-order valence-corrected chi connectivity index (χ2v) is 5.15. The Morgan fingerprint density at radius 1 is 1.21 bits per heavy atom. The number of nitro benzene ring substituents is 1. The molecule has 5 nitrogen and oxygen atoms in total. The van der Waals surface area contributed by atoms with Crippen LogP contribution in [0.3, 0.4) is 0 Å². The summed E-state index contributed by atoms with van der Waals surface area (Å²) in [6.45, 7) is 6.25. The summed E-state index contributed by atoms with van der Waals surface area (Å²) in [4.78, 5) is 21.9. The largest absolute Gasteiger partial charge is 0.350 e. The lowest BCUT2D eigenvalue weighted by atomic mass is 10.0. The Kier molecular flexibility index (Phi) is 5.48. The third kappa shape index (κ3) is 5.07. The lowest BCUT2D eigenvalue weighted by Gasteiger charge is -2.15. The molecule has 0 radical (unpaired) electrons. The van der Waals surface area contributed by atoms with Gasteiger partial charge in [0.15, 0.2) is 0 Å². The van der Waals surface area contributed by atoms with Gasteiger partial charge in [-0.05, 0) is 37.8 Å². The van der Waals surface area contributed by atoms with E-state index in [1.807, 2.05) is 6.92 Å². The van der Waals surface area contributed by atoms with Crippen LogP contribution in [0.5, 0.6) is 0 Å². The van der Waals surface area contributed by atoms with E-state index in [9.17, 15) is 14.9 Å². The Morgan fingerprint density at radius 2 is 1.79 bits per heavy atom. The summed E-state index contributed by atoms with van der Waals surface area (Å²) in [6, 6.07) is 5.73. The Bertz CT molecular complexity index is 441. The number of hydrogen-bond donors (Lipinski definition) is 1. The van der Waals surface area contributed by atoms with Crippen molar-refractivity contribution in [1.82, 2.24) is 5.32 Å². The van der Waals surface area contributed by atoms with E-state index in [0.717, 1.165) is 12.8 Å². The van der Waals surface area contributed by atoms with E-state index >= 15 is 0 Å². The minimum Gasteiger partial charge on any atom is -0.350 e. The van der Waals surface area contributed by atoms with Gasteiger partial charge in [0.05, 0.1) is 4.92 Å². The number of hydrogen-bond acceptors (Lipinski definition) is 3. The molecule has 1 atom stereocenters. The topological polar surface area (TPSA) is 72.2 Å². The van der Waals surface area contributed by atoms with Crippen LogP contribution in [-0.2, 0) is 0 Å². The number of non-ortho nitro benzene ring substituents is 1. The molecule has 0 aliphatic heterocycles. The predicted molar refractivity (Wildman–Crippen MR) is 74.1 cm³/mol. The number of rotatable bonds is 6. The molecule has 0 bridgehead atoms. The molecular formula is C14H20N2O3. The first-order valence-electron chi connectivity index (χ1n) is 6.45. The molecule has 0 aliphatic carbocycles. The van der Waals surface area contributed by atoms with Gasteiger partial charge < -0.3 is 5.32 Å². The summed E-state index contributed by atoms with van der Waals surface area (Å²) >= 11 is 0. The number of carbonyl (C=O) groups excluding carboxylic acids is 1. The molecule has 0 spiro atoms. The van der Waals surface area contributed by atoms with Crippen molar-refractivity contribution < 1.29 is 9.72 Å². The minimum atomic E-state index is -0.479. The van der Waals surface area contributed by atoms with Crippen LogP contribution in [-0.4, -0.2) is 16.9 Å². The van der Waals surface area contributed by atoms with Crippen molar-refractivity contribution in [3.05, 3.63) is 39.9 Å². The van der Waals surface area contributed by atoms with Crippen LogP contribution in [0.2, 0.25) is 0 Å². The fourth-order valence-electron chi connectivity index (χ4n) is 1.70. The van der Waals surface area contributed by atoms with E-state index in [4.69, 9.17) is 0 Å². The van der Waals surface area contributed by atoms with E-state index in [2.05, 4.69) is 19.2 Å². The molecule has 1 rings (SSSR count). The molecule has 104 valence electrons. The van der Waals surface area contributed by atoms with E-state index in [1.165, 1.54) is 24.3 Å². The quantitative estimate of drug-likeness (QED) is 0.633. The smallest absolute Gasteiger partial charge is 0.269 e. The zero-order chi connectivity index (χ0) is 14.4. The van der Waals surface area contributed by atoms with Crippen LogP contribution < -0.4 is 5.32 Å². The molecule has 1 aromatic rings. The zero-order valence-electron chi connectivity index (χ0n) is 11.6. The molecule has 19 heavy (non-hydrogen) atoms. The Hall–Kier alpha value is -1.91. The van der Waals surface area contributed by atoms with Crippen molar-refractivity contribution in [2.45, 2.75) is 39.7 Å². The Morgan fingerprint density at radius 3 is 2.26 bits per heavy atom. The van der Waals surface area contributed by atoms with Crippen molar-refractivity contribution in [1.29, 1.82) is 0 Å². The van der Waals surface area contributed by atoms with Crippen LogP contribution in [0.1, 0.15) is 44.0 Å². The second-order valence-electron chi connectivity index (χ2n) is 5.15. The molecule has 0 saturated carbocycles. The van der Waals surface area contributed by atoms with Gasteiger partial charge in [-0.1, -0.05) is 13.8 Å². The highest BCUT2D eigenvalue weighted by Gasteiger charge is 2.12. The number of nitrogens with one attached hydrogen (secondary N) is 1. The number of carbonyl (C=O) groups is 1. The molecule has 5 heteroatoms. The number of nitro groups is 1. The van der Waals surface area contributed by atoms with E-state index in [1.54, 1.807) is 0 Å². The Balaban J connectivity index is 2.55. The van der Waals surface area contributed by atoms with Gasteiger partial charge >= 0.3 is 0 Å². The van der Waals surface area contributed by atoms with Gasteiger partial charge in [0.25, 0.3) is 11.6 Å². The SMILES string of the molecule is CC(C)CCC(C)NC(=O)c1ccc([N+](=O)[O-])cc1. The first-order valence-corrected chi connectivity index (χ1v) is 6.45. The summed E-state index contributed by atoms with van der Waals surface area (Å²) in [7, 11) is 0. The number of nitrogens with zero attached hydrogens (tertiary/aromatic N) is 1. The van der Waals surface area contributed by atoms with Crippen LogP contribution in [0.25, 0.3) is 0 Å². The summed E-state index contributed by atoms with van der Waals surface area (Å²) in [5, 5.41) is 13.4. The highest BCUT2D eigenvalue weighted by Crippen LogP contribution is 2.12. The highest BCUT2D eigenvalue weighted by molar-refractivity contribution is 5.94. The molecule has 0 heterocycles. The van der Waals surface area contributed by atoms with E-state index in [-0.39, 0.29) is 17.6 Å². The molecule has 1 amide bonds. The van der Waals surface area contributed by atoms with Gasteiger partial charge in [0, 0.05) is 23.7 Å². The first-order chi connectivity index (χ1) is 8.90. The van der Waals surface area contributed by atoms with Crippen LogP contribution in [0, 0.1) is 16.0 Å². The summed E-state index contributed by atoms with van der Waals surface area (Å²) in [6.07, 6.45) is 1.98. The van der Waals surface area contributed by atoms with Gasteiger partial charge in [-0.15, -0.1) is 0 Å². The maximum absolute atomic E-state index is 11.9. The standard InChI is InChI=1S/C14H20N2O3/c1-10(2)4-5-11(3)15-14(17)12-6-8-13(9-7-12)16(18)19/h6-11H,4-5H2,1-3H3,(H,15,17). The van der Waals surface area contributed by atoms with E-state index < -0.39 is 4.92 Å². The van der Waals surface area contributed by atoms with Crippen LogP contribution in [0.15, 0.2) is 24.3 Å². The number of amides is 1. The van der Waals surface area contributed by atoms with Crippen LogP contribution in [0.4, 0.5) is 5.69 Å². The zero-order valence-corrected chi connectivity index (χ0v) is 11.6. The maximum Gasteiger partial charge on any atom is 0.269 e. The van der Waals surface area contributed by atoms with Crippen molar-refractivity contribution in [3.63, 3.8) is 0 Å². The summed E-state index contributed by atoms with van der Waals surface area (Å²) in [5.74, 6) is 0.421. The molecule has 0 aromatic heterocycles. The molecule has 1 unspecified atom stereocenters. The highest BCUT2D eigenvalue weighted by atomic mass is 16.6. The van der Waals surface area contributed by atoms with Gasteiger partial charge in [-0.3, -0.25) is 14.9 Å². The monoisotopic (exact) mass is 264 g/mol. The molecule has 1 N–H and O–H groups in total. The van der Waals surface area contributed by atoms with Gasteiger partial charge in [0.2, 0.25) is 0 Å². The normalized spacial score (nSPS) is 12.2. The fraction of sp³-hybridized carbons (Fsp3) is 0.500. The average Bonchev–Trinajstić information content (AvgIpc) is 2.36. The maximum atomic E-state index is 11.9. The third-order valence-electron chi connectivity index (χ3n) is 2.89. The van der Waals surface area contributed by atoms with Gasteiger partial charge in [0.1, 0.15) is 0 Å². The van der Waals surface area contributed by atoms with Crippen LogP contribution >= 0.6 is 0 Å². The van der Waals surface area contributed by atoms with Gasteiger partial charge in [-0.25, -0.2) is 0 Å². The first kappa shape index (κ1) is 15.1. The van der Waals surface area contributed by atoms with Crippen molar-refractivity contribution in [2.24, 2.45) is 5.92 Å². The lowest BCUT2D eigenvalue weighted by molar-refractivity contribution is -0.384. The van der Waals surface area contributed by atoms with Crippen molar-refractivity contribution in [2.75, 3.05) is 0 Å². The van der Waals surface area contributed by atoms with Crippen molar-refractivity contribution >= 4 is 11.6 Å². The average molecular weight is 264 g/mol. The minimum absolute atomic E-state index is 0.00981. The molecule has 1 aromatic carbocycles. The summed E-state index contributed by atoms with van der Waals surface area (Å²) in [5.41, 5.74) is 0.436. The second kappa shape index (κ2) is 6.87. The Labute approximate surface area is 113 Å². The molecule has 0 aliphatic rings. The lowest BCUT2D eigenvalue weighted by Crippen LogP contribution is -2.32.